The molecule has 0 radical (unpaired) electrons. The molecule has 0 fully saturated rings. The van der Waals surface area contributed by atoms with Crippen LogP contribution >= 0.6 is 0 Å². The number of nitrogens with one attached hydrogen (secondary N) is 2. The number of fused-ring (bicyclic) bond motifs is 1. The van der Waals surface area contributed by atoms with E-state index in [2.05, 4.69) is 15.3 Å². The molecule has 4 N–H and O–H groups in total. The van der Waals surface area contributed by atoms with E-state index in [0.29, 0.717) is 11.1 Å². The maximum absolute atomic E-state index is 13.1. The van der Waals surface area contributed by atoms with Crippen LogP contribution in [-0.2, 0) is 0 Å². The van der Waals surface area contributed by atoms with Gasteiger partial charge < -0.3 is 10.2 Å². The summed E-state index contributed by atoms with van der Waals surface area (Å²) >= 11 is 0. The number of carbonyl (C=O) groups excluding carboxylic acids is 1. The molecule has 2 aromatic carbocycles. The fraction of sp³-hybridized carbons (Fsp3) is 0. The van der Waals surface area contributed by atoms with E-state index in [9.17, 15) is 9.18 Å². The summed E-state index contributed by atoms with van der Waals surface area (Å²) in [5, 5.41) is 2.39. The number of hydrogen-bond acceptors (Lipinski definition) is 3. The first-order valence-corrected chi connectivity index (χ1v) is 6.44. The molecule has 0 atom stereocenters. The minimum absolute atomic E-state index is 0.0687. The van der Waals surface area contributed by atoms with Gasteiger partial charge in [0.2, 0.25) is 0 Å². The highest BCUT2D eigenvalue weighted by molar-refractivity contribution is 6.03. The Balaban J connectivity index is 1.78. The number of nitrogens with two attached hydrogens (primary N) is 1. The molecular formula is C15H12FN4O2+. The zero-order chi connectivity index (χ0) is 15.5. The van der Waals surface area contributed by atoms with Gasteiger partial charge in [0.05, 0.1) is 5.56 Å². The van der Waals surface area contributed by atoms with Crippen LogP contribution in [0.5, 0.6) is 0 Å². The molecule has 22 heavy (non-hydrogen) atoms. The predicted octanol–water partition coefficient (Wildman–Crippen LogP) is 0.424. The molecule has 3 aromatic rings. The van der Waals surface area contributed by atoms with Crippen molar-refractivity contribution in [2.75, 3.05) is 0 Å². The maximum Gasteiger partial charge on any atom is 0.406 e. The molecule has 0 aliphatic carbocycles. The second kappa shape index (κ2) is 5.65. The lowest BCUT2D eigenvalue weighted by Crippen LogP contribution is -2.74. The van der Waals surface area contributed by atoms with Crippen LogP contribution in [0.4, 0.5) is 10.4 Å². The van der Waals surface area contributed by atoms with E-state index in [1.807, 2.05) is 12.1 Å². The standard InChI is InChI=1S/C15H11FN4O2/c16-10-5-3-4-9(8-10)13(21)19-14(17)20-15-18-11-6-1-2-7-12(11)22-15/h1-8H,(H3,17,18,19,20,21)/p+1. The Morgan fingerprint density at radius 2 is 2.05 bits per heavy atom. The van der Waals surface area contributed by atoms with Gasteiger partial charge in [0.1, 0.15) is 5.82 Å². The molecule has 0 aliphatic rings. The summed E-state index contributed by atoms with van der Waals surface area (Å²) < 4.78 is 18.5. The lowest BCUT2D eigenvalue weighted by Gasteiger charge is -1.99. The molecule has 7 heteroatoms. The van der Waals surface area contributed by atoms with Gasteiger partial charge in [-0.3, -0.25) is 4.79 Å². The molecule has 0 saturated carbocycles. The van der Waals surface area contributed by atoms with Crippen molar-refractivity contribution in [3.63, 3.8) is 0 Å². The van der Waals surface area contributed by atoms with Gasteiger partial charge in [0.15, 0.2) is 11.1 Å². The first kappa shape index (κ1) is 13.7. The molecule has 0 unspecified atom stereocenters. The Morgan fingerprint density at radius 3 is 2.82 bits per heavy atom. The van der Waals surface area contributed by atoms with E-state index in [-0.39, 0.29) is 17.5 Å². The second-order valence-electron chi connectivity index (χ2n) is 4.49. The van der Waals surface area contributed by atoms with Crippen molar-refractivity contribution in [2.24, 2.45) is 5.73 Å². The van der Waals surface area contributed by atoms with Crippen molar-refractivity contribution in [2.45, 2.75) is 0 Å². The van der Waals surface area contributed by atoms with Crippen molar-refractivity contribution in [1.29, 1.82) is 0 Å². The fourth-order valence-electron chi connectivity index (χ4n) is 1.90. The Hall–Kier alpha value is -3.22. The molecule has 0 aliphatic heterocycles. The van der Waals surface area contributed by atoms with Gasteiger partial charge in [-0.1, -0.05) is 23.2 Å². The molecule has 3 rings (SSSR count). The van der Waals surface area contributed by atoms with E-state index in [1.165, 1.54) is 18.2 Å². The molecule has 0 spiro atoms. The third-order valence-electron chi connectivity index (χ3n) is 2.87. The summed E-state index contributed by atoms with van der Waals surface area (Å²) in [6, 6.07) is 12.6. The Labute approximate surface area is 124 Å². The molecular weight excluding hydrogens is 287 g/mol. The average Bonchev–Trinajstić information content (AvgIpc) is 2.89. The number of rotatable bonds is 2. The summed E-state index contributed by atoms with van der Waals surface area (Å²) in [5.41, 5.74) is 7.09. The van der Waals surface area contributed by atoms with Crippen LogP contribution in [0.1, 0.15) is 10.4 Å². The van der Waals surface area contributed by atoms with Crippen molar-refractivity contribution < 1.29 is 18.6 Å². The van der Waals surface area contributed by atoms with Gasteiger partial charge in [-0.15, -0.1) is 0 Å². The molecule has 0 saturated heterocycles. The van der Waals surface area contributed by atoms with Gasteiger partial charge in [-0.25, -0.2) is 14.7 Å². The van der Waals surface area contributed by atoms with E-state index in [1.54, 1.807) is 12.1 Å². The smallest absolute Gasteiger partial charge is 0.404 e. The zero-order valence-corrected chi connectivity index (χ0v) is 11.3. The van der Waals surface area contributed by atoms with E-state index in [0.717, 1.165) is 6.07 Å². The van der Waals surface area contributed by atoms with Crippen molar-refractivity contribution in [3.8, 4) is 0 Å². The summed E-state index contributed by atoms with van der Waals surface area (Å²) in [7, 11) is 0. The second-order valence-corrected chi connectivity index (χ2v) is 4.49. The Morgan fingerprint density at radius 1 is 1.23 bits per heavy atom. The number of oxazole rings is 1. The van der Waals surface area contributed by atoms with Crippen molar-refractivity contribution >= 4 is 29.0 Å². The van der Waals surface area contributed by atoms with Gasteiger partial charge in [-0.05, 0) is 30.3 Å². The largest absolute Gasteiger partial charge is 0.406 e. The normalized spacial score (nSPS) is 11.6. The summed E-state index contributed by atoms with van der Waals surface area (Å²) in [6.07, 6.45) is 0. The van der Waals surface area contributed by atoms with Crippen LogP contribution in [0.25, 0.3) is 11.1 Å². The SMILES string of the molecule is NC(NC(=O)c1cccc(F)c1)=[NH+]c1nc2ccccc2o1. The number of hydrogen-bond donors (Lipinski definition) is 3. The van der Waals surface area contributed by atoms with E-state index < -0.39 is 11.7 Å². The first-order valence-electron chi connectivity index (χ1n) is 6.44. The summed E-state index contributed by atoms with van der Waals surface area (Å²) in [4.78, 5) is 18.7. The van der Waals surface area contributed by atoms with Gasteiger partial charge in [0.25, 0.3) is 5.91 Å². The third kappa shape index (κ3) is 2.93. The predicted molar refractivity (Wildman–Crippen MR) is 77.7 cm³/mol. The number of aromatic nitrogens is 1. The maximum atomic E-state index is 13.1. The quantitative estimate of drug-likeness (QED) is 0.472. The molecule has 1 heterocycles. The lowest BCUT2D eigenvalue weighted by atomic mass is 10.2. The van der Waals surface area contributed by atoms with Crippen LogP contribution in [-0.4, -0.2) is 16.9 Å². The van der Waals surface area contributed by atoms with E-state index >= 15 is 0 Å². The summed E-state index contributed by atoms with van der Waals surface area (Å²) in [6.45, 7) is 0. The van der Waals surface area contributed by atoms with Crippen LogP contribution in [0.3, 0.4) is 0 Å². The fourth-order valence-corrected chi connectivity index (χ4v) is 1.90. The number of para-hydroxylation sites is 2. The topological polar surface area (TPSA) is 95.1 Å². The zero-order valence-electron chi connectivity index (χ0n) is 11.3. The highest BCUT2D eigenvalue weighted by Crippen LogP contribution is 2.14. The van der Waals surface area contributed by atoms with Gasteiger partial charge in [0, 0.05) is 0 Å². The summed E-state index contributed by atoms with van der Waals surface area (Å²) in [5.74, 6) is -1.11. The number of nitrogens with zero attached hydrogens (tertiary/aromatic N) is 1. The van der Waals surface area contributed by atoms with Gasteiger partial charge >= 0.3 is 12.0 Å². The first-order chi connectivity index (χ1) is 10.6. The average molecular weight is 299 g/mol. The Bertz CT molecular complexity index is 840. The van der Waals surface area contributed by atoms with Gasteiger partial charge in [-0.2, -0.15) is 0 Å². The molecule has 1 aromatic heterocycles. The van der Waals surface area contributed by atoms with Crippen molar-refractivity contribution in [3.05, 3.63) is 59.9 Å². The number of carbonyl (C=O) groups is 1. The molecule has 0 bridgehead atoms. The van der Waals surface area contributed by atoms with Crippen LogP contribution in [0.15, 0.2) is 52.9 Å². The molecule has 6 nitrogen and oxygen atoms in total. The molecule has 110 valence electrons. The minimum Gasteiger partial charge on any atom is -0.404 e. The van der Waals surface area contributed by atoms with Crippen LogP contribution < -0.4 is 16.0 Å². The van der Waals surface area contributed by atoms with Crippen LogP contribution in [0.2, 0.25) is 0 Å². The van der Waals surface area contributed by atoms with E-state index in [4.69, 9.17) is 10.2 Å². The number of halogens is 1. The monoisotopic (exact) mass is 299 g/mol. The third-order valence-corrected chi connectivity index (χ3v) is 2.87. The highest BCUT2D eigenvalue weighted by Gasteiger charge is 2.13. The highest BCUT2D eigenvalue weighted by atomic mass is 19.1. The minimum atomic E-state index is -0.541. The van der Waals surface area contributed by atoms with Crippen LogP contribution in [0, 0.1) is 5.82 Å². The number of amides is 1. The number of guanidine groups is 1. The molecule has 1 amide bonds. The lowest BCUT2D eigenvalue weighted by molar-refractivity contribution is -0.381. The Kier molecular flexibility index (Phi) is 3.53. The van der Waals surface area contributed by atoms with Crippen molar-refractivity contribution in [1.82, 2.24) is 10.3 Å². The number of benzene rings is 2.